The summed E-state index contributed by atoms with van der Waals surface area (Å²) in [5, 5.41) is 2.99. The maximum absolute atomic E-state index is 12.9. The molecule has 5 heteroatoms. The molecule has 2 aromatic carbocycles. The Morgan fingerprint density at radius 3 is 2.57 bits per heavy atom. The predicted octanol–water partition coefficient (Wildman–Crippen LogP) is 4.24. The second-order valence-corrected chi connectivity index (χ2v) is 6.75. The van der Waals surface area contributed by atoms with Gasteiger partial charge in [0.2, 0.25) is 11.7 Å². The molecule has 3 aromatic rings. The van der Waals surface area contributed by atoms with Gasteiger partial charge in [0.15, 0.2) is 0 Å². The standard InChI is InChI=1S/C23H22N2O3/c1-2-28-21-11-7-6-10-18(21)24-23(27)17-14-15-25-19(17)12-13-20(25)22(26)16-8-4-3-5-9-16/h3-13,17H,2,14-15H2,1H3,(H,24,27)/t17-/m1/s1. The lowest BCUT2D eigenvalue weighted by molar-refractivity contribution is -0.117. The molecule has 5 nitrogen and oxygen atoms in total. The van der Waals surface area contributed by atoms with Crippen molar-refractivity contribution >= 4 is 17.4 Å². The number of carbonyl (C=O) groups is 2. The molecule has 0 radical (unpaired) electrons. The summed E-state index contributed by atoms with van der Waals surface area (Å²) in [6.07, 6.45) is 0.674. The van der Waals surface area contributed by atoms with Crippen molar-refractivity contribution in [3.63, 3.8) is 0 Å². The number of amides is 1. The summed E-state index contributed by atoms with van der Waals surface area (Å²) in [6, 6.07) is 20.3. The van der Waals surface area contributed by atoms with Crippen LogP contribution < -0.4 is 10.1 Å². The monoisotopic (exact) mass is 374 g/mol. The van der Waals surface area contributed by atoms with Crippen LogP contribution >= 0.6 is 0 Å². The average Bonchev–Trinajstić information content (AvgIpc) is 3.32. The van der Waals surface area contributed by atoms with E-state index in [0.717, 1.165) is 5.69 Å². The minimum atomic E-state index is -0.285. The number of fused-ring (bicyclic) bond motifs is 1. The highest BCUT2D eigenvalue weighted by Crippen LogP contribution is 2.33. The molecule has 28 heavy (non-hydrogen) atoms. The molecule has 0 unspecified atom stereocenters. The lowest BCUT2D eigenvalue weighted by atomic mass is 10.0. The van der Waals surface area contributed by atoms with E-state index in [4.69, 9.17) is 4.74 Å². The number of rotatable bonds is 6. The van der Waals surface area contributed by atoms with Crippen molar-refractivity contribution in [3.8, 4) is 5.75 Å². The van der Waals surface area contributed by atoms with E-state index in [2.05, 4.69) is 5.32 Å². The van der Waals surface area contributed by atoms with Crippen LogP contribution in [-0.4, -0.2) is 22.9 Å². The molecule has 0 spiro atoms. The summed E-state index contributed by atoms with van der Waals surface area (Å²) in [6.45, 7) is 3.10. The van der Waals surface area contributed by atoms with Gasteiger partial charge in [-0.3, -0.25) is 9.59 Å². The number of hydrogen-bond donors (Lipinski definition) is 1. The van der Waals surface area contributed by atoms with E-state index in [1.807, 2.05) is 78.2 Å². The van der Waals surface area contributed by atoms with Crippen molar-refractivity contribution in [2.75, 3.05) is 11.9 Å². The number of ketones is 1. The van der Waals surface area contributed by atoms with Gasteiger partial charge in [0.25, 0.3) is 0 Å². The van der Waals surface area contributed by atoms with E-state index in [0.29, 0.717) is 42.3 Å². The van der Waals surface area contributed by atoms with Gasteiger partial charge in [-0.25, -0.2) is 0 Å². The summed E-state index contributed by atoms with van der Waals surface area (Å²) in [7, 11) is 0. The van der Waals surface area contributed by atoms with Gasteiger partial charge >= 0.3 is 0 Å². The number of benzene rings is 2. The van der Waals surface area contributed by atoms with Gasteiger partial charge in [-0.05, 0) is 37.6 Å². The van der Waals surface area contributed by atoms with Crippen molar-refractivity contribution in [1.29, 1.82) is 0 Å². The number of nitrogens with zero attached hydrogens (tertiary/aromatic N) is 1. The molecule has 0 saturated carbocycles. The molecule has 0 fully saturated rings. The molecule has 142 valence electrons. The third kappa shape index (κ3) is 3.31. The minimum absolute atomic E-state index is 0.0189. The fraction of sp³-hybridized carbons (Fsp3) is 0.217. The highest BCUT2D eigenvalue weighted by atomic mass is 16.5. The van der Waals surface area contributed by atoms with Gasteiger partial charge in [0, 0.05) is 17.8 Å². The summed E-state index contributed by atoms with van der Waals surface area (Å²) in [4.78, 5) is 25.7. The first-order valence-electron chi connectivity index (χ1n) is 9.51. The number of para-hydroxylation sites is 2. The third-order valence-electron chi connectivity index (χ3n) is 5.04. The number of hydrogen-bond acceptors (Lipinski definition) is 3. The van der Waals surface area contributed by atoms with E-state index in [1.165, 1.54) is 0 Å². The van der Waals surface area contributed by atoms with Crippen LogP contribution in [0.15, 0.2) is 66.7 Å². The van der Waals surface area contributed by atoms with E-state index >= 15 is 0 Å². The minimum Gasteiger partial charge on any atom is -0.492 e. The zero-order valence-electron chi connectivity index (χ0n) is 15.7. The number of carbonyl (C=O) groups excluding carboxylic acids is 2. The second kappa shape index (κ2) is 7.72. The largest absolute Gasteiger partial charge is 0.492 e. The molecule has 1 aliphatic rings. The fourth-order valence-electron chi connectivity index (χ4n) is 3.72. The number of nitrogens with one attached hydrogen (secondary N) is 1. The van der Waals surface area contributed by atoms with E-state index in [1.54, 1.807) is 0 Å². The topological polar surface area (TPSA) is 60.3 Å². The molecule has 1 aliphatic heterocycles. The van der Waals surface area contributed by atoms with Crippen LogP contribution in [0.1, 0.15) is 41.0 Å². The maximum Gasteiger partial charge on any atom is 0.233 e. The smallest absolute Gasteiger partial charge is 0.233 e. The first-order chi connectivity index (χ1) is 13.7. The van der Waals surface area contributed by atoms with Crippen LogP contribution in [0.3, 0.4) is 0 Å². The van der Waals surface area contributed by atoms with E-state index < -0.39 is 0 Å². The summed E-state index contributed by atoms with van der Waals surface area (Å²) >= 11 is 0. The van der Waals surface area contributed by atoms with Crippen molar-refractivity contribution < 1.29 is 14.3 Å². The summed E-state index contributed by atoms with van der Waals surface area (Å²) < 4.78 is 7.56. The lowest BCUT2D eigenvalue weighted by Gasteiger charge is -2.14. The van der Waals surface area contributed by atoms with Gasteiger partial charge in [-0.15, -0.1) is 0 Å². The summed E-state index contributed by atoms with van der Waals surface area (Å²) in [5.41, 5.74) is 2.83. The van der Waals surface area contributed by atoms with Crippen LogP contribution in [0, 0.1) is 0 Å². The van der Waals surface area contributed by atoms with Gasteiger partial charge in [-0.2, -0.15) is 0 Å². The predicted molar refractivity (Wildman–Crippen MR) is 108 cm³/mol. The Bertz CT molecular complexity index is 1010. The first-order valence-corrected chi connectivity index (χ1v) is 9.51. The van der Waals surface area contributed by atoms with Crippen LogP contribution in [0.25, 0.3) is 0 Å². The second-order valence-electron chi connectivity index (χ2n) is 6.75. The summed E-state index contributed by atoms with van der Waals surface area (Å²) in [5.74, 6) is 0.274. The molecule has 1 atom stereocenters. The zero-order chi connectivity index (χ0) is 19.5. The highest BCUT2D eigenvalue weighted by Gasteiger charge is 2.32. The average molecular weight is 374 g/mol. The molecular weight excluding hydrogens is 352 g/mol. The Morgan fingerprint density at radius 1 is 1.04 bits per heavy atom. The van der Waals surface area contributed by atoms with Crippen molar-refractivity contribution in [3.05, 3.63) is 83.7 Å². The molecule has 0 saturated heterocycles. The Hall–Kier alpha value is -3.34. The lowest BCUT2D eigenvalue weighted by Crippen LogP contribution is -2.20. The van der Waals surface area contributed by atoms with Gasteiger partial charge in [-0.1, -0.05) is 42.5 Å². The normalized spacial score (nSPS) is 15.1. The maximum atomic E-state index is 12.9. The number of aromatic nitrogens is 1. The molecule has 4 rings (SSSR count). The molecular formula is C23H22N2O3. The van der Waals surface area contributed by atoms with Crippen LogP contribution in [-0.2, 0) is 11.3 Å². The Balaban J connectivity index is 1.55. The molecule has 1 amide bonds. The molecule has 0 bridgehead atoms. The first kappa shape index (κ1) is 18.0. The van der Waals surface area contributed by atoms with Gasteiger partial charge < -0.3 is 14.6 Å². The van der Waals surface area contributed by atoms with E-state index in [9.17, 15) is 9.59 Å². The van der Waals surface area contributed by atoms with Crippen molar-refractivity contribution in [2.45, 2.75) is 25.8 Å². The quantitative estimate of drug-likeness (QED) is 0.657. The highest BCUT2D eigenvalue weighted by molar-refractivity contribution is 6.08. The Labute approximate surface area is 163 Å². The van der Waals surface area contributed by atoms with Crippen molar-refractivity contribution in [1.82, 2.24) is 4.57 Å². The van der Waals surface area contributed by atoms with E-state index in [-0.39, 0.29) is 17.6 Å². The third-order valence-corrected chi connectivity index (χ3v) is 5.04. The molecule has 0 aliphatic carbocycles. The van der Waals surface area contributed by atoms with Crippen LogP contribution in [0.5, 0.6) is 5.75 Å². The molecule has 2 heterocycles. The van der Waals surface area contributed by atoms with Crippen molar-refractivity contribution in [2.24, 2.45) is 0 Å². The van der Waals surface area contributed by atoms with Gasteiger partial charge in [0.05, 0.1) is 23.9 Å². The zero-order valence-corrected chi connectivity index (χ0v) is 15.7. The molecule has 1 aromatic heterocycles. The fourth-order valence-corrected chi connectivity index (χ4v) is 3.72. The SMILES string of the molecule is CCOc1ccccc1NC(=O)[C@@H]1CCn2c(C(=O)c3ccccc3)ccc21. The van der Waals surface area contributed by atoms with Crippen LogP contribution in [0.2, 0.25) is 0 Å². The van der Waals surface area contributed by atoms with Gasteiger partial charge in [0.1, 0.15) is 5.75 Å². The Kier molecular flexibility index (Phi) is 4.98. The molecule has 1 N–H and O–H groups in total. The Morgan fingerprint density at radius 2 is 1.79 bits per heavy atom. The number of anilines is 1. The number of ether oxygens (including phenoxy) is 1. The van der Waals surface area contributed by atoms with Crippen LogP contribution in [0.4, 0.5) is 5.69 Å².